The number of primary amides is 1. The van der Waals surface area contributed by atoms with Gasteiger partial charge < -0.3 is 16.0 Å². The molecular weight excluding hydrogens is 381 g/mol. The third-order valence-corrected chi connectivity index (χ3v) is 5.20. The molecule has 1 atom stereocenters. The van der Waals surface area contributed by atoms with Gasteiger partial charge in [-0.3, -0.25) is 4.79 Å². The minimum atomic E-state index is -0.559. The van der Waals surface area contributed by atoms with Crippen LogP contribution in [0.2, 0.25) is 5.02 Å². The zero-order valence-electron chi connectivity index (χ0n) is 15.0. The molecule has 2 aromatic carbocycles. The molecule has 1 saturated heterocycles. The van der Waals surface area contributed by atoms with E-state index in [1.807, 2.05) is 6.07 Å². The van der Waals surface area contributed by atoms with Crippen molar-refractivity contribution in [1.82, 2.24) is 14.9 Å². The van der Waals surface area contributed by atoms with Gasteiger partial charge in [0.25, 0.3) is 5.91 Å². The van der Waals surface area contributed by atoms with Crippen molar-refractivity contribution in [2.24, 2.45) is 5.73 Å². The van der Waals surface area contributed by atoms with E-state index in [2.05, 4.69) is 20.2 Å². The molecule has 1 amide bonds. The predicted molar refractivity (Wildman–Crippen MR) is 107 cm³/mol. The highest BCUT2D eigenvalue weighted by Gasteiger charge is 2.24. The molecule has 3 N–H and O–H groups in total. The second-order valence-electron chi connectivity index (χ2n) is 6.81. The van der Waals surface area contributed by atoms with Crippen molar-refractivity contribution in [3.8, 4) is 0 Å². The number of fused-ring (bicyclic) bond motifs is 1. The number of nitrogens with one attached hydrogen (secondary N) is 1. The van der Waals surface area contributed by atoms with Crippen LogP contribution < -0.4 is 11.1 Å². The summed E-state index contributed by atoms with van der Waals surface area (Å²) in [5, 5.41) is 4.34. The number of carbonyl (C=O) groups excluding carboxylic acids is 1. The van der Waals surface area contributed by atoms with E-state index in [0.29, 0.717) is 39.4 Å². The van der Waals surface area contributed by atoms with Crippen LogP contribution in [0.25, 0.3) is 10.9 Å². The van der Waals surface area contributed by atoms with Crippen LogP contribution in [0.3, 0.4) is 0 Å². The fourth-order valence-corrected chi connectivity index (χ4v) is 3.55. The van der Waals surface area contributed by atoms with Crippen molar-refractivity contribution < 1.29 is 9.18 Å². The van der Waals surface area contributed by atoms with Gasteiger partial charge in [0.05, 0.1) is 17.1 Å². The van der Waals surface area contributed by atoms with Gasteiger partial charge in [-0.1, -0.05) is 23.7 Å². The number of carbonyl (C=O) groups is 1. The molecule has 1 aromatic heterocycles. The summed E-state index contributed by atoms with van der Waals surface area (Å²) >= 11 is 5.92. The first-order valence-corrected chi connectivity index (χ1v) is 9.38. The highest BCUT2D eigenvalue weighted by atomic mass is 35.5. The summed E-state index contributed by atoms with van der Waals surface area (Å²) < 4.78 is 14.6. The fourth-order valence-electron chi connectivity index (χ4n) is 3.39. The molecule has 0 saturated carbocycles. The van der Waals surface area contributed by atoms with Gasteiger partial charge in [-0.25, -0.2) is 14.4 Å². The van der Waals surface area contributed by atoms with Crippen molar-refractivity contribution in [3.05, 3.63) is 64.7 Å². The van der Waals surface area contributed by atoms with Crippen molar-refractivity contribution in [2.45, 2.75) is 12.5 Å². The summed E-state index contributed by atoms with van der Waals surface area (Å²) in [7, 11) is 0. The SMILES string of the molecule is NC(=O)c1cccc2c(N[C@H](CN3CCC3)c3ccc(Cl)cc3F)ncnc12. The Kier molecular flexibility index (Phi) is 5.11. The summed E-state index contributed by atoms with van der Waals surface area (Å²) in [4.78, 5) is 22.5. The molecule has 2 heterocycles. The molecule has 1 aliphatic rings. The van der Waals surface area contributed by atoms with Gasteiger partial charge in [-0.2, -0.15) is 0 Å². The number of amides is 1. The normalized spacial score (nSPS) is 15.2. The predicted octanol–water partition coefficient (Wildman–Crippen LogP) is 3.38. The average Bonchev–Trinajstić information content (AvgIpc) is 2.63. The molecule has 0 unspecified atom stereocenters. The van der Waals surface area contributed by atoms with E-state index in [1.54, 1.807) is 24.3 Å². The minimum Gasteiger partial charge on any atom is -0.366 e. The van der Waals surface area contributed by atoms with E-state index >= 15 is 0 Å². The molecule has 0 bridgehead atoms. The number of nitrogens with zero attached hydrogens (tertiary/aromatic N) is 3. The Balaban J connectivity index is 1.74. The Morgan fingerprint density at radius 1 is 1.29 bits per heavy atom. The fraction of sp³-hybridized carbons (Fsp3) is 0.250. The Hall–Kier alpha value is -2.77. The number of aromatic nitrogens is 2. The van der Waals surface area contributed by atoms with Gasteiger partial charge >= 0.3 is 0 Å². The molecule has 0 spiro atoms. The third kappa shape index (κ3) is 3.63. The molecule has 28 heavy (non-hydrogen) atoms. The van der Waals surface area contributed by atoms with Crippen molar-refractivity contribution in [1.29, 1.82) is 0 Å². The van der Waals surface area contributed by atoms with E-state index in [1.165, 1.54) is 12.4 Å². The van der Waals surface area contributed by atoms with Crippen LogP contribution in [0.4, 0.5) is 10.2 Å². The molecule has 8 heteroatoms. The Bertz CT molecular complexity index is 1040. The second-order valence-corrected chi connectivity index (χ2v) is 7.24. The number of anilines is 1. The highest BCUT2D eigenvalue weighted by Crippen LogP contribution is 2.29. The van der Waals surface area contributed by atoms with Gasteiger partial charge in [-0.05, 0) is 43.8 Å². The van der Waals surface area contributed by atoms with E-state index in [4.69, 9.17) is 17.3 Å². The highest BCUT2D eigenvalue weighted by molar-refractivity contribution is 6.30. The number of likely N-dealkylation sites (tertiary alicyclic amines) is 1. The van der Waals surface area contributed by atoms with Crippen LogP contribution in [0.15, 0.2) is 42.7 Å². The Morgan fingerprint density at radius 3 is 2.79 bits per heavy atom. The minimum absolute atomic E-state index is 0.319. The number of halogens is 2. The smallest absolute Gasteiger partial charge is 0.250 e. The Labute approximate surface area is 166 Å². The summed E-state index contributed by atoms with van der Waals surface area (Å²) in [5.74, 6) is -0.411. The monoisotopic (exact) mass is 399 g/mol. The zero-order valence-corrected chi connectivity index (χ0v) is 15.8. The summed E-state index contributed by atoms with van der Waals surface area (Å²) in [6.07, 6.45) is 2.50. The summed E-state index contributed by atoms with van der Waals surface area (Å²) in [5.41, 5.74) is 6.75. The van der Waals surface area contributed by atoms with E-state index in [9.17, 15) is 9.18 Å². The van der Waals surface area contributed by atoms with Crippen LogP contribution in [-0.4, -0.2) is 40.4 Å². The zero-order chi connectivity index (χ0) is 19.7. The van der Waals surface area contributed by atoms with E-state index in [0.717, 1.165) is 19.5 Å². The topological polar surface area (TPSA) is 84.1 Å². The van der Waals surface area contributed by atoms with Crippen molar-refractivity contribution >= 4 is 34.2 Å². The maximum atomic E-state index is 14.6. The quantitative estimate of drug-likeness (QED) is 0.663. The number of benzene rings is 2. The van der Waals surface area contributed by atoms with Gasteiger partial charge in [-0.15, -0.1) is 0 Å². The summed E-state index contributed by atoms with van der Waals surface area (Å²) in [6, 6.07) is 9.49. The maximum absolute atomic E-state index is 14.6. The second kappa shape index (κ2) is 7.69. The number of hydrogen-bond acceptors (Lipinski definition) is 5. The van der Waals surface area contributed by atoms with E-state index in [-0.39, 0.29) is 11.9 Å². The molecular formula is C20H19ClFN5O. The molecule has 6 nitrogen and oxygen atoms in total. The largest absolute Gasteiger partial charge is 0.366 e. The first-order chi connectivity index (χ1) is 13.5. The van der Waals surface area contributed by atoms with Crippen molar-refractivity contribution in [2.75, 3.05) is 25.0 Å². The standard InChI is InChI=1S/C20H19ClFN5O/c21-12-5-6-13(16(22)9-12)17(10-27-7-2-8-27)26-20-15-4-1-3-14(19(23)28)18(15)24-11-25-20/h1,3-6,9,11,17H,2,7-8,10H2,(H2,23,28)(H,24,25,26)/t17-/m1/s1. The molecule has 1 fully saturated rings. The lowest BCUT2D eigenvalue weighted by atomic mass is 10.0. The van der Waals surface area contributed by atoms with Crippen LogP contribution in [0, 0.1) is 5.82 Å². The molecule has 1 aliphatic heterocycles. The third-order valence-electron chi connectivity index (χ3n) is 4.97. The van der Waals surface area contributed by atoms with E-state index < -0.39 is 5.91 Å². The number of rotatable bonds is 6. The lowest BCUT2D eigenvalue weighted by molar-refractivity contribution is 0.100. The molecule has 0 aliphatic carbocycles. The number of para-hydroxylation sites is 1. The molecule has 3 aromatic rings. The first-order valence-electron chi connectivity index (χ1n) is 9.00. The molecule has 0 radical (unpaired) electrons. The average molecular weight is 400 g/mol. The Morgan fingerprint density at radius 2 is 2.11 bits per heavy atom. The lowest BCUT2D eigenvalue weighted by Gasteiger charge is -2.35. The van der Waals surface area contributed by atoms with Gasteiger partial charge in [0, 0.05) is 22.5 Å². The molecule has 144 valence electrons. The van der Waals surface area contributed by atoms with Gasteiger partial charge in [0.1, 0.15) is 18.0 Å². The van der Waals surface area contributed by atoms with Crippen LogP contribution in [0.5, 0.6) is 0 Å². The van der Waals surface area contributed by atoms with Crippen LogP contribution in [-0.2, 0) is 0 Å². The molecule has 4 rings (SSSR count). The number of nitrogens with two attached hydrogens (primary N) is 1. The first kappa shape index (κ1) is 18.6. The lowest BCUT2D eigenvalue weighted by Crippen LogP contribution is -2.41. The van der Waals surface area contributed by atoms with Crippen molar-refractivity contribution in [3.63, 3.8) is 0 Å². The number of hydrogen-bond donors (Lipinski definition) is 2. The van der Waals surface area contributed by atoms with Crippen LogP contribution in [0.1, 0.15) is 28.4 Å². The summed E-state index contributed by atoms with van der Waals surface area (Å²) in [6.45, 7) is 2.58. The maximum Gasteiger partial charge on any atom is 0.250 e. The van der Waals surface area contributed by atoms with Gasteiger partial charge in [0.2, 0.25) is 0 Å². The van der Waals surface area contributed by atoms with Gasteiger partial charge in [0.15, 0.2) is 0 Å². The van der Waals surface area contributed by atoms with Crippen LogP contribution >= 0.6 is 11.6 Å².